The lowest BCUT2D eigenvalue weighted by molar-refractivity contribution is 0.355. The van der Waals surface area contributed by atoms with Crippen molar-refractivity contribution in [1.82, 2.24) is 0 Å². The maximum Gasteiger partial charge on any atom is -0.0194 e. The summed E-state index contributed by atoms with van der Waals surface area (Å²) in [4.78, 5) is 0. The highest BCUT2D eigenvalue weighted by atomic mass is 14.5. The maximum absolute atomic E-state index is 2.46. The zero-order valence-electron chi connectivity index (χ0n) is 6.74. The Morgan fingerprint density at radius 3 is 1.91 bits per heavy atom. The molecule has 3 rings (SSSR count). The molecule has 0 aromatic rings. The van der Waals surface area contributed by atoms with E-state index in [1.807, 2.05) is 0 Å². The zero-order chi connectivity index (χ0) is 7.26. The number of rotatable bonds is 0. The van der Waals surface area contributed by atoms with Crippen molar-refractivity contribution in [3.8, 4) is 0 Å². The minimum Gasteiger partial charge on any atom is -0.0879 e. The maximum atomic E-state index is 2.46. The zero-order valence-corrected chi connectivity index (χ0v) is 6.74. The van der Waals surface area contributed by atoms with E-state index in [4.69, 9.17) is 0 Å². The summed E-state index contributed by atoms with van der Waals surface area (Å²) in [6.45, 7) is 0. The summed E-state index contributed by atoms with van der Waals surface area (Å²) in [5, 5.41) is 0. The third kappa shape index (κ3) is 0.702. The van der Waals surface area contributed by atoms with Crippen LogP contribution in [-0.2, 0) is 0 Å². The number of hydrogen-bond donors (Lipinski definition) is 0. The molecule has 3 aliphatic rings. The van der Waals surface area contributed by atoms with Crippen LogP contribution in [0.3, 0.4) is 0 Å². The van der Waals surface area contributed by atoms with E-state index in [-0.39, 0.29) is 0 Å². The molecule has 4 unspecified atom stereocenters. The standard InChI is InChI=1S/C11H14/c1-3-8-7-9-4-2-6-11(9)10(8)5-1/h1-4,8-11H,5-7H2. The van der Waals surface area contributed by atoms with Gasteiger partial charge in [0.25, 0.3) is 0 Å². The molecule has 4 atom stereocenters. The average Bonchev–Trinajstić information content (AvgIpc) is 2.52. The molecule has 0 heterocycles. The molecule has 0 aromatic heterocycles. The van der Waals surface area contributed by atoms with Crippen molar-refractivity contribution in [2.45, 2.75) is 19.3 Å². The summed E-state index contributed by atoms with van der Waals surface area (Å²) in [6, 6.07) is 0. The molecule has 3 aliphatic carbocycles. The molecule has 0 spiro atoms. The van der Waals surface area contributed by atoms with E-state index in [1.54, 1.807) is 0 Å². The Morgan fingerprint density at radius 2 is 1.36 bits per heavy atom. The molecular formula is C11H14. The fraction of sp³-hybridized carbons (Fsp3) is 0.636. The molecule has 0 N–H and O–H groups in total. The molecule has 0 heteroatoms. The van der Waals surface area contributed by atoms with Crippen LogP contribution in [0.4, 0.5) is 0 Å². The van der Waals surface area contributed by atoms with Crippen LogP contribution >= 0.6 is 0 Å². The monoisotopic (exact) mass is 146 g/mol. The average molecular weight is 146 g/mol. The second kappa shape index (κ2) is 2.00. The molecule has 0 aromatic carbocycles. The smallest absolute Gasteiger partial charge is 0.0194 e. The Hall–Kier alpha value is -0.520. The van der Waals surface area contributed by atoms with E-state index in [0.29, 0.717) is 0 Å². The molecular weight excluding hydrogens is 132 g/mol. The predicted octanol–water partition coefficient (Wildman–Crippen LogP) is 2.77. The first-order chi connectivity index (χ1) is 5.45. The van der Waals surface area contributed by atoms with Gasteiger partial charge in [0.2, 0.25) is 0 Å². The van der Waals surface area contributed by atoms with E-state index in [2.05, 4.69) is 24.3 Å². The fourth-order valence-corrected chi connectivity index (χ4v) is 3.26. The number of fused-ring (bicyclic) bond motifs is 3. The Labute approximate surface area is 68.0 Å². The first kappa shape index (κ1) is 6.05. The molecule has 1 fully saturated rings. The highest BCUT2D eigenvalue weighted by Crippen LogP contribution is 2.51. The van der Waals surface area contributed by atoms with Crippen molar-refractivity contribution in [3.63, 3.8) is 0 Å². The lowest BCUT2D eigenvalue weighted by atomic mass is 9.88. The summed E-state index contributed by atoms with van der Waals surface area (Å²) >= 11 is 0. The van der Waals surface area contributed by atoms with Gasteiger partial charge in [0.15, 0.2) is 0 Å². The van der Waals surface area contributed by atoms with Crippen molar-refractivity contribution in [2.75, 3.05) is 0 Å². The first-order valence-corrected chi connectivity index (χ1v) is 4.78. The summed E-state index contributed by atoms with van der Waals surface area (Å²) in [6.07, 6.45) is 13.9. The van der Waals surface area contributed by atoms with E-state index >= 15 is 0 Å². The van der Waals surface area contributed by atoms with Crippen LogP contribution in [0.2, 0.25) is 0 Å². The Balaban J connectivity index is 1.91. The van der Waals surface area contributed by atoms with Gasteiger partial charge in [0, 0.05) is 0 Å². The van der Waals surface area contributed by atoms with Crippen LogP contribution in [0, 0.1) is 23.7 Å². The van der Waals surface area contributed by atoms with Crippen molar-refractivity contribution in [2.24, 2.45) is 23.7 Å². The number of allylic oxidation sites excluding steroid dienone is 4. The van der Waals surface area contributed by atoms with Crippen molar-refractivity contribution in [1.29, 1.82) is 0 Å². The highest BCUT2D eigenvalue weighted by Gasteiger charge is 2.42. The largest absolute Gasteiger partial charge is 0.0879 e. The molecule has 0 nitrogen and oxygen atoms in total. The molecule has 0 saturated heterocycles. The third-order valence-corrected chi connectivity index (χ3v) is 3.78. The fourth-order valence-electron chi connectivity index (χ4n) is 3.26. The molecule has 58 valence electrons. The lowest BCUT2D eigenvalue weighted by Gasteiger charge is -2.16. The second-order valence-electron chi connectivity index (χ2n) is 4.22. The van der Waals surface area contributed by atoms with E-state index in [9.17, 15) is 0 Å². The van der Waals surface area contributed by atoms with Crippen LogP contribution in [0.1, 0.15) is 19.3 Å². The van der Waals surface area contributed by atoms with Crippen molar-refractivity contribution in [3.05, 3.63) is 24.3 Å². The van der Waals surface area contributed by atoms with Gasteiger partial charge < -0.3 is 0 Å². The molecule has 11 heavy (non-hydrogen) atoms. The Kier molecular flexibility index (Phi) is 1.10. The van der Waals surface area contributed by atoms with Crippen LogP contribution in [0.25, 0.3) is 0 Å². The summed E-state index contributed by atoms with van der Waals surface area (Å²) in [5.41, 5.74) is 0. The lowest BCUT2D eigenvalue weighted by Crippen LogP contribution is -2.09. The first-order valence-electron chi connectivity index (χ1n) is 4.78. The molecule has 0 aliphatic heterocycles. The minimum absolute atomic E-state index is 0.954. The van der Waals surface area contributed by atoms with Crippen LogP contribution in [-0.4, -0.2) is 0 Å². The van der Waals surface area contributed by atoms with Gasteiger partial charge in [-0.1, -0.05) is 24.3 Å². The van der Waals surface area contributed by atoms with E-state index in [1.165, 1.54) is 19.3 Å². The topological polar surface area (TPSA) is 0 Å². The van der Waals surface area contributed by atoms with E-state index in [0.717, 1.165) is 23.7 Å². The highest BCUT2D eigenvalue weighted by molar-refractivity contribution is 5.16. The van der Waals surface area contributed by atoms with Gasteiger partial charge in [-0.25, -0.2) is 0 Å². The van der Waals surface area contributed by atoms with Gasteiger partial charge >= 0.3 is 0 Å². The van der Waals surface area contributed by atoms with Gasteiger partial charge in [-0.05, 0) is 42.9 Å². The van der Waals surface area contributed by atoms with E-state index < -0.39 is 0 Å². The minimum atomic E-state index is 0.954. The van der Waals surface area contributed by atoms with Crippen LogP contribution < -0.4 is 0 Å². The molecule has 0 bridgehead atoms. The Morgan fingerprint density at radius 1 is 0.818 bits per heavy atom. The quantitative estimate of drug-likeness (QED) is 0.461. The molecule has 0 amide bonds. The van der Waals surface area contributed by atoms with Gasteiger partial charge in [-0.2, -0.15) is 0 Å². The van der Waals surface area contributed by atoms with Crippen molar-refractivity contribution < 1.29 is 0 Å². The second-order valence-corrected chi connectivity index (χ2v) is 4.22. The van der Waals surface area contributed by atoms with Gasteiger partial charge in [-0.15, -0.1) is 0 Å². The molecule has 0 radical (unpaired) electrons. The van der Waals surface area contributed by atoms with Crippen molar-refractivity contribution >= 4 is 0 Å². The SMILES string of the molecule is C1=CC2CC3C=CCC3C2C1. The summed E-state index contributed by atoms with van der Waals surface area (Å²) < 4.78 is 0. The Bertz CT molecular complexity index is 200. The van der Waals surface area contributed by atoms with Crippen LogP contribution in [0.15, 0.2) is 24.3 Å². The normalized spacial score (nSPS) is 51.6. The summed E-state index contributed by atoms with van der Waals surface area (Å²) in [5.74, 6) is 3.95. The number of hydrogen-bond acceptors (Lipinski definition) is 0. The third-order valence-electron chi connectivity index (χ3n) is 3.78. The predicted molar refractivity (Wildman–Crippen MR) is 46.1 cm³/mol. The molecule has 1 saturated carbocycles. The van der Waals surface area contributed by atoms with Gasteiger partial charge in [-0.3, -0.25) is 0 Å². The van der Waals surface area contributed by atoms with Crippen LogP contribution in [0.5, 0.6) is 0 Å². The van der Waals surface area contributed by atoms with Gasteiger partial charge in [0.05, 0.1) is 0 Å². The summed E-state index contributed by atoms with van der Waals surface area (Å²) in [7, 11) is 0. The van der Waals surface area contributed by atoms with Gasteiger partial charge in [0.1, 0.15) is 0 Å².